The fourth-order valence-corrected chi connectivity index (χ4v) is 0.483. The van der Waals surface area contributed by atoms with Crippen LogP contribution in [0, 0.1) is 23.7 Å². The van der Waals surface area contributed by atoms with Crippen LogP contribution in [0.4, 0.5) is 0 Å². The van der Waals surface area contributed by atoms with E-state index in [1.807, 2.05) is 6.92 Å². The molecule has 0 saturated heterocycles. The maximum atomic E-state index is 8.34. The van der Waals surface area contributed by atoms with Gasteiger partial charge < -0.3 is 5.11 Å². The van der Waals surface area contributed by atoms with Crippen molar-refractivity contribution in [2.75, 3.05) is 6.61 Å². The molecule has 0 unspecified atom stereocenters. The van der Waals surface area contributed by atoms with E-state index >= 15 is 0 Å². The summed E-state index contributed by atoms with van der Waals surface area (Å²) in [5.41, 5.74) is 0. The van der Waals surface area contributed by atoms with E-state index in [0.717, 1.165) is 12.8 Å². The Hall–Kier alpha value is -0.920. The van der Waals surface area contributed by atoms with E-state index in [2.05, 4.69) is 23.7 Å². The second-order valence-electron chi connectivity index (χ2n) is 1.75. The van der Waals surface area contributed by atoms with Crippen molar-refractivity contribution in [3.05, 3.63) is 0 Å². The second-order valence-corrected chi connectivity index (χ2v) is 1.75. The molecule has 0 aliphatic heterocycles. The SMILES string of the molecule is CC#CCCC#CCCO. The van der Waals surface area contributed by atoms with Crippen molar-refractivity contribution in [3.8, 4) is 23.7 Å². The molecule has 0 heterocycles. The van der Waals surface area contributed by atoms with Gasteiger partial charge in [0.15, 0.2) is 0 Å². The van der Waals surface area contributed by atoms with Gasteiger partial charge in [-0.1, -0.05) is 0 Å². The van der Waals surface area contributed by atoms with Gasteiger partial charge in [-0.2, -0.15) is 0 Å². The number of rotatable bonds is 2. The van der Waals surface area contributed by atoms with Crippen LogP contribution in [0.1, 0.15) is 26.2 Å². The zero-order valence-corrected chi connectivity index (χ0v) is 6.28. The molecule has 0 rings (SSSR count). The van der Waals surface area contributed by atoms with Gasteiger partial charge in [0.25, 0.3) is 0 Å². The first-order chi connectivity index (χ1) is 4.91. The molecule has 54 valence electrons. The highest BCUT2D eigenvalue weighted by molar-refractivity contribution is 5.03. The molecule has 0 aromatic heterocycles. The topological polar surface area (TPSA) is 20.2 Å². The van der Waals surface area contributed by atoms with Gasteiger partial charge in [0, 0.05) is 19.3 Å². The van der Waals surface area contributed by atoms with Crippen LogP contribution in [0.25, 0.3) is 0 Å². The fourth-order valence-electron chi connectivity index (χ4n) is 0.483. The first-order valence-corrected chi connectivity index (χ1v) is 3.38. The van der Waals surface area contributed by atoms with E-state index in [1.54, 1.807) is 0 Å². The van der Waals surface area contributed by atoms with Crippen LogP contribution < -0.4 is 0 Å². The smallest absolute Gasteiger partial charge is 0.0540 e. The van der Waals surface area contributed by atoms with Crippen LogP contribution in [-0.4, -0.2) is 11.7 Å². The molecule has 0 spiro atoms. The minimum Gasteiger partial charge on any atom is -0.395 e. The molecule has 0 aromatic carbocycles. The normalized spacial score (nSPS) is 7.00. The summed E-state index contributed by atoms with van der Waals surface area (Å²) in [6.45, 7) is 1.98. The highest BCUT2D eigenvalue weighted by atomic mass is 16.2. The van der Waals surface area contributed by atoms with Gasteiger partial charge in [-0.15, -0.1) is 23.7 Å². The summed E-state index contributed by atoms with van der Waals surface area (Å²) in [6.07, 6.45) is 2.25. The Balaban J connectivity index is 3.17. The van der Waals surface area contributed by atoms with E-state index < -0.39 is 0 Å². The van der Waals surface area contributed by atoms with Crippen LogP contribution in [0.3, 0.4) is 0 Å². The third kappa shape index (κ3) is 7.08. The second kappa shape index (κ2) is 8.08. The minimum atomic E-state index is 0.159. The maximum Gasteiger partial charge on any atom is 0.0540 e. The fraction of sp³-hybridized carbons (Fsp3) is 0.556. The molecule has 0 radical (unpaired) electrons. The van der Waals surface area contributed by atoms with Crippen molar-refractivity contribution in [3.63, 3.8) is 0 Å². The lowest BCUT2D eigenvalue weighted by Gasteiger charge is -1.78. The minimum absolute atomic E-state index is 0.159. The number of hydrogen-bond acceptors (Lipinski definition) is 1. The Labute approximate surface area is 62.5 Å². The Morgan fingerprint density at radius 1 is 1.00 bits per heavy atom. The van der Waals surface area contributed by atoms with Crippen molar-refractivity contribution in [2.24, 2.45) is 0 Å². The number of aliphatic hydroxyl groups is 1. The average Bonchev–Trinajstić information content (AvgIpc) is 1.97. The first kappa shape index (κ1) is 9.08. The third-order valence-electron chi connectivity index (χ3n) is 0.914. The summed E-state index contributed by atoms with van der Waals surface area (Å²) < 4.78 is 0. The van der Waals surface area contributed by atoms with Crippen molar-refractivity contribution in [1.82, 2.24) is 0 Å². The van der Waals surface area contributed by atoms with E-state index in [4.69, 9.17) is 5.11 Å². The molecule has 0 aromatic rings. The van der Waals surface area contributed by atoms with E-state index in [0.29, 0.717) is 6.42 Å². The zero-order valence-electron chi connectivity index (χ0n) is 6.28. The molecular formula is C9H12O. The summed E-state index contributed by atoms with van der Waals surface area (Å²) in [4.78, 5) is 0. The summed E-state index contributed by atoms with van der Waals surface area (Å²) in [7, 11) is 0. The van der Waals surface area contributed by atoms with E-state index in [1.165, 1.54) is 0 Å². The quantitative estimate of drug-likeness (QED) is 0.446. The molecule has 1 N–H and O–H groups in total. The van der Waals surface area contributed by atoms with Gasteiger partial charge in [0.1, 0.15) is 0 Å². The number of hydrogen-bond donors (Lipinski definition) is 1. The zero-order chi connectivity index (χ0) is 7.66. The van der Waals surface area contributed by atoms with Crippen molar-refractivity contribution in [2.45, 2.75) is 26.2 Å². The van der Waals surface area contributed by atoms with Crippen LogP contribution in [0.15, 0.2) is 0 Å². The summed E-state index contributed by atoms with van der Waals surface area (Å²) >= 11 is 0. The predicted octanol–water partition coefficient (Wildman–Crippen LogP) is 1.18. The molecule has 10 heavy (non-hydrogen) atoms. The van der Waals surface area contributed by atoms with Gasteiger partial charge in [-0.3, -0.25) is 0 Å². The van der Waals surface area contributed by atoms with Gasteiger partial charge in [0.2, 0.25) is 0 Å². The number of aliphatic hydroxyl groups excluding tert-OH is 1. The van der Waals surface area contributed by atoms with E-state index in [-0.39, 0.29) is 6.61 Å². The predicted molar refractivity (Wildman–Crippen MR) is 42.2 cm³/mol. The standard InChI is InChI=1S/C9H12O/c1-2-3-4-5-6-7-8-9-10/h10H,4-5,8-9H2,1H3. The molecule has 0 fully saturated rings. The largest absolute Gasteiger partial charge is 0.395 e. The Kier molecular flexibility index (Phi) is 7.34. The first-order valence-electron chi connectivity index (χ1n) is 3.38. The summed E-state index contributed by atoms with van der Waals surface area (Å²) in [5, 5.41) is 8.34. The van der Waals surface area contributed by atoms with Crippen molar-refractivity contribution < 1.29 is 5.11 Å². The molecular weight excluding hydrogens is 124 g/mol. The van der Waals surface area contributed by atoms with Gasteiger partial charge in [0.05, 0.1) is 6.61 Å². The Morgan fingerprint density at radius 2 is 1.60 bits per heavy atom. The molecule has 0 bridgehead atoms. The molecule has 1 nitrogen and oxygen atoms in total. The Bertz CT molecular complexity index is 172. The molecule has 0 saturated carbocycles. The molecule has 1 heteroatoms. The van der Waals surface area contributed by atoms with Gasteiger partial charge >= 0.3 is 0 Å². The summed E-state index contributed by atoms with van der Waals surface area (Å²) in [6, 6.07) is 0. The van der Waals surface area contributed by atoms with Gasteiger partial charge in [-0.05, 0) is 6.92 Å². The molecule has 0 atom stereocenters. The van der Waals surface area contributed by atoms with Crippen LogP contribution in [0.2, 0.25) is 0 Å². The third-order valence-corrected chi connectivity index (χ3v) is 0.914. The van der Waals surface area contributed by atoms with Crippen LogP contribution in [0.5, 0.6) is 0 Å². The van der Waals surface area contributed by atoms with E-state index in [9.17, 15) is 0 Å². The summed E-state index contributed by atoms with van der Waals surface area (Å²) in [5.74, 6) is 11.4. The highest BCUT2D eigenvalue weighted by Crippen LogP contribution is 1.82. The van der Waals surface area contributed by atoms with Crippen LogP contribution >= 0.6 is 0 Å². The lowest BCUT2D eigenvalue weighted by Crippen LogP contribution is -1.75. The van der Waals surface area contributed by atoms with Crippen molar-refractivity contribution in [1.29, 1.82) is 0 Å². The monoisotopic (exact) mass is 136 g/mol. The molecule has 0 aliphatic rings. The number of unbranched alkanes of at least 4 members (excludes halogenated alkanes) is 1. The highest BCUT2D eigenvalue weighted by Gasteiger charge is 1.73. The van der Waals surface area contributed by atoms with Crippen molar-refractivity contribution >= 4 is 0 Å². The average molecular weight is 136 g/mol. The van der Waals surface area contributed by atoms with Crippen LogP contribution in [-0.2, 0) is 0 Å². The maximum absolute atomic E-state index is 8.34. The van der Waals surface area contributed by atoms with Gasteiger partial charge in [-0.25, -0.2) is 0 Å². The molecule has 0 aliphatic carbocycles. The Morgan fingerprint density at radius 3 is 2.20 bits per heavy atom. The molecule has 0 amide bonds. The lowest BCUT2D eigenvalue weighted by atomic mass is 10.3. The lowest BCUT2D eigenvalue weighted by molar-refractivity contribution is 0.305.